The van der Waals surface area contributed by atoms with Gasteiger partial charge in [0.25, 0.3) is 12.3 Å². The van der Waals surface area contributed by atoms with E-state index in [9.17, 15) is 35.6 Å². The van der Waals surface area contributed by atoms with Crippen LogP contribution in [-0.4, -0.2) is 86.0 Å². The summed E-state index contributed by atoms with van der Waals surface area (Å²) in [7, 11) is -4.45. The molecule has 4 rings (SSSR count). The van der Waals surface area contributed by atoms with Crippen molar-refractivity contribution in [2.24, 2.45) is 5.92 Å². The molecule has 1 aliphatic heterocycles. The van der Waals surface area contributed by atoms with Crippen LogP contribution in [-0.2, 0) is 19.6 Å². The van der Waals surface area contributed by atoms with Gasteiger partial charge in [0.05, 0.1) is 31.7 Å². The number of ether oxygens (including phenoxy) is 2. The molecule has 2 amide bonds. The van der Waals surface area contributed by atoms with Crippen LogP contribution in [0.5, 0.6) is 5.75 Å². The molecule has 3 N–H and O–H groups in total. The number of thioether (sulfide) groups is 1. The summed E-state index contributed by atoms with van der Waals surface area (Å²) in [6, 6.07) is 0.0258. The maximum Gasteiger partial charge on any atom is 0.277 e. The Morgan fingerprint density at radius 3 is 2.48 bits per heavy atom. The molecule has 2 fully saturated rings. The zero-order valence-electron chi connectivity index (χ0n) is 21.9. The lowest BCUT2D eigenvalue weighted by molar-refractivity contribution is -0.119. The Morgan fingerprint density at radius 2 is 1.83 bits per heavy atom. The third kappa shape index (κ3) is 8.51. The zero-order valence-corrected chi connectivity index (χ0v) is 23.6. The molecule has 1 saturated carbocycles. The molecule has 13 nitrogen and oxygen atoms in total. The lowest BCUT2D eigenvalue weighted by Gasteiger charge is -2.30. The number of nitrogens with one attached hydrogen (secondary N) is 3. The van der Waals surface area contributed by atoms with Crippen molar-refractivity contribution in [2.75, 3.05) is 30.8 Å². The summed E-state index contributed by atoms with van der Waals surface area (Å²) >= 11 is 0.578. The standard InChI is InChI=1S/C23H28F4N6O7S2/c24-16(25)8-29-42(36,37)15-7-28-18(6-14(15)39-13-9-38-10-13)30-21(34)19(12-4-2-1-3-5-12)31-22(35)20-23(33-40-32-20)41-11-17(26)27/h6-7,12-13,16-17,19,29H,1-5,8-11H2,(H,31,35)(H,28,30,34)/t19-/m0/s1. The van der Waals surface area contributed by atoms with Crippen molar-refractivity contribution in [3.05, 3.63) is 18.0 Å². The first-order valence-corrected chi connectivity index (χ1v) is 15.4. The molecule has 1 aliphatic carbocycles. The number of pyridine rings is 1. The number of hydrogen-bond acceptors (Lipinski definition) is 11. The van der Waals surface area contributed by atoms with Crippen LogP contribution in [0.15, 0.2) is 26.8 Å². The third-order valence-corrected chi connectivity index (χ3v) is 8.80. The number of alkyl halides is 4. The molecule has 0 bridgehead atoms. The first-order valence-electron chi connectivity index (χ1n) is 12.9. The molecule has 2 aliphatic rings. The fraction of sp³-hybridized carbons (Fsp3) is 0.609. The average Bonchev–Trinajstić information content (AvgIpc) is 3.41. The summed E-state index contributed by atoms with van der Waals surface area (Å²) < 4.78 is 93.0. The number of sulfonamides is 1. The summed E-state index contributed by atoms with van der Waals surface area (Å²) in [5.74, 6) is -2.86. The Kier molecular flexibility index (Phi) is 11.0. The van der Waals surface area contributed by atoms with Crippen molar-refractivity contribution >= 4 is 39.4 Å². The van der Waals surface area contributed by atoms with E-state index in [-0.39, 0.29) is 41.4 Å². The van der Waals surface area contributed by atoms with Crippen LogP contribution in [0.3, 0.4) is 0 Å². The van der Waals surface area contributed by atoms with Gasteiger partial charge in [-0.05, 0) is 29.1 Å². The Labute approximate surface area is 241 Å². The number of halogens is 4. The van der Waals surface area contributed by atoms with E-state index in [0.29, 0.717) is 24.6 Å². The number of carbonyl (C=O) groups excluding carboxylic acids is 2. The minimum atomic E-state index is -4.45. The number of rotatable bonds is 14. The molecule has 0 unspecified atom stereocenters. The summed E-state index contributed by atoms with van der Waals surface area (Å²) in [6.45, 7) is -0.796. The third-order valence-electron chi connectivity index (χ3n) is 6.41. The van der Waals surface area contributed by atoms with E-state index < -0.39 is 64.0 Å². The minimum Gasteiger partial charge on any atom is -0.484 e. The predicted octanol–water partition coefficient (Wildman–Crippen LogP) is 2.46. The molecule has 0 radical (unpaired) electrons. The van der Waals surface area contributed by atoms with Gasteiger partial charge in [0.1, 0.15) is 28.6 Å². The smallest absolute Gasteiger partial charge is 0.277 e. The Balaban J connectivity index is 1.55. The molecule has 2 aromatic rings. The van der Waals surface area contributed by atoms with Gasteiger partial charge < -0.3 is 20.1 Å². The number of amides is 2. The van der Waals surface area contributed by atoms with E-state index in [1.165, 1.54) is 0 Å². The molecule has 1 saturated heterocycles. The molecular weight excluding hydrogens is 612 g/mol. The molecule has 232 valence electrons. The summed E-state index contributed by atoms with van der Waals surface area (Å²) in [4.78, 5) is 29.9. The number of aromatic nitrogens is 3. The van der Waals surface area contributed by atoms with E-state index in [1.807, 2.05) is 0 Å². The highest BCUT2D eigenvalue weighted by Gasteiger charge is 2.34. The van der Waals surface area contributed by atoms with Crippen molar-refractivity contribution in [3.63, 3.8) is 0 Å². The first-order chi connectivity index (χ1) is 20.0. The van der Waals surface area contributed by atoms with E-state index in [0.717, 1.165) is 31.5 Å². The SMILES string of the molecule is O=C(N[C@H](C(=O)Nc1cc(OC2COC2)c(S(=O)(=O)NCC(F)F)cn1)C1CCCCC1)c1nonc1SCC(F)F. The van der Waals surface area contributed by atoms with Crippen molar-refractivity contribution in [2.45, 2.75) is 67.0 Å². The van der Waals surface area contributed by atoms with Crippen molar-refractivity contribution in [1.82, 2.24) is 25.3 Å². The molecular formula is C23H28F4N6O7S2. The average molecular weight is 641 g/mol. The maximum absolute atomic E-state index is 13.5. The van der Waals surface area contributed by atoms with Crippen LogP contribution in [0.25, 0.3) is 0 Å². The lowest BCUT2D eigenvalue weighted by Crippen LogP contribution is -2.49. The zero-order chi connectivity index (χ0) is 30.3. The van der Waals surface area contributed by atoms with Crippen LogP contribution < -0.4 is 20.1 Å². The van der Waals surface area contributed by atoms with Gasteiger partial charge in [0, 0.05) is 6.07 Å². The molecule has 19 heteroatoms. The predicted molar refractivity (Wildman–Crippen MR) is 138 cm³/mol. The molecule has 1 atom stereocenters. The van der Waals surface area contributed by atoms with Gasteiger partial charge in [-0.2, -0.15) is 0 Å². The Bertz CT molecular complexity index is 1340. The number of hydrogen-bond donors (Lipinski definition) is 3. The van der Waals surface area contributed by atoms with Gasteiger partial charge >= 0.3 is 0 Å². The fourth-order valence-electron chi connectivity index (χ4n) is 4.33. The number of nitrogens with zero attached hydrogens (tertiary/aromatic N) is 3. The second kappa shape index (κ2) is 14.4. The highest BCUT2D eigenvalue weighted by Crippen LogP contribution is 2.30. The van der Waals surface area contributed by atoms with Crippen LogP contribution in [0.1, 0.15) is 42.6 Å². The maximum atomic E-state index is 13.5. The van der Waals surface area contributed by atoms with E-state index in [2.05, 4.69) is 30.6 Å². The normalized spacial score (nSPS) is 17.2. The summed E-state index contributed by atoms with van der Waals surface area (Å²) in [5.41, 5.74) is -0.350. The van der Waals surface area contributed by atoms with Gasteiger partial charge in [0.2, 0.25) is 28.0 Å². The first kappa shape index (κ1) is 31.9. The summed E-state index contributed by atoms with van der Waals surface area (Å²) in [6.07, 6.45) is -1.46. The van der Waals surface area contributed by atoms with Gasteiger partial charge in [-0.1, -0.05) is 31.0 Å². The number of anilines is 1. The fourth-order valence-corrected chi connectivity index (χ4v) is 6.03. The minimum absolute atomic E-state index is 0.130. The highest BCUT2D eigenvalue weighted by atomic mass is 32.2. The molecule has 0 spiro atoms. The topological polar surface area (TPSA) is 175 Å². The largest absolute Gasteiger partial charge is 0.484 e. The van der Waals surface area contributed by atoms with E-state index in [4.69, 9.17) is 9.47 Å². The lowest BCUT2D eigenvalue weighted by atomic mass is 9.83. The van der Waals surface area contributed by atoms with Gasteiger partial charge in [-0.15, -0.1) is 0 Å². The van der Waals surface area contributed by atoms with Crippen molar-refractivity contribution in [1.29, 1.82) is 0 Å². The van der Waals surface area contributed by atoms with Crippen LogP contribution in [0.4, 0.5) is 23.4 Å². The Morgan fingerprint density at radius 1 is 1.10 bits per heavy atom. The van der Waals surface area contributed by atoms with Crippen LogP contribution in [0, 0.1) is 5.92 Å². The van der Waals surface area contributed by atoms with Gasteiger partial charge in [-0.3, -0.25) is 9.59 Å². The van der Waals surface area contributed by atoms with E-state index >= 15 is 0 Å². The van der Waals surface area contributed by atoms with Gasteiger partial charge in [0.15, 0.2) is 5.03 Å². The van der Waals surface area contributed by atoms with Crippen LogP contribution in [0.2, 0.25) is 0 Å². The van der Waals surface area contributed by atoms with Crippen molar-refractivity contribution in [3.8, 4) is 5.75 Å². The Hall–Kier alpha value is -3.03. The second-order valence-electron chi connectivity index (χ2n) is 9.50. The second-order valence-corrected chi connectivity index (χ2v) is 12.2. The number of carbonyl (C=O) groups is 2. The molecule has 42 heavy (non-hydrogen) atoms. The van der Waals surface area contributed by atoms with E-state index in [1.54, 1.807) is 4.72 Å². The highest BCUT2D eigenvalue weighted by molar-refractivity contribution is 7.99. The quantitative estimate of drug-likeness (QED) is 0.204. The van der Waals surface area contributed by atoms with Crippen molar-refractivity contribution < 1.29 is 49.7 Å². The van der Waals surface area contributed by atoms with Crippen LogP contribution >= 0.6 is 11.8 Å². The molecule has 2 aromatic heterocycles. The molecule has 0 aromatic carbocycles. The summed E-state index contributed by atoms with van der Waals surface area (Å²) in [5, 5.41) is 12.0. The van der Waals surface area contributed by atoms with Gasteiger partial charge in [-0.25, -0.2) is 40.3 Å². The monoisotopic (exact) mass is 640 g/mol. The molecule has 3 heterocycles.